The lowest BCUT2D eigenvalue weighted by Crippen LogP contribution is -2.11. The molecule has 0 aromatic heterocycles. The first kappa shape index (κ1) is 8.76. The first-order valence-corrected chi connectivity index (χ1v) is 3.11. The van der Waals surface area contributed by atoms with Gasteiger partial charge in [0, 0.05) is 11.8 Å². The third kappa shape index (κ3) is 1.21. The van der Waals surface area contributed by atoms with E-state index < -0.39 is 33.9 Å². The molecule has 0 bridgehead atoms. The molecule has 0 saturated carbocycles. The Balaban J connectivity index is 3.09. The number of rotatable bonds is 0. The van der Waals surface area contributed by atoms with Crippen LogP contribution in [0, 0.1) is 0 Å². The Morgan fingerprint density at radius 2 is 1.09 bits per heavy atom. The van der Waals surface area contributed by atoms with Crippen molar-refractivity contribution in [3.63, 3.8) is 0 Å². The molecule has 0 atom stereocenters. The van der Waals surface area contributed by atoms with Crippen molar-refractivity contribution in [2.45, 2.75) is 10.5 Å². The van der Waals surface area contributed by atoms with E-state index in [2.05, 4.69) is 0 Å². The molecule has 0 unspecified atom stereocenters. The molecule has 1 aliphatic heterocycles. The zero-order valence-electron chi connectivity index (χ0n) is 4.68. The molecule has 0 spiro atoms. The van der Waals surface area contributed by atoms with Gasteiger partial charge in [0.05, 0.1) is 0 Å². The molecule has 0 aromatic rings. The van der Waals surface area contributed by atoms with Crippen LogP contribution in [-0.2, 0) is 0 Å². The second-order valence-corrected chi connectivity index (χ2v) is 2.99. The van der Waals surface area contributed by atoms with Gasteiger partial charge in [-0.05, 0) is 0 Å². The van der Waals surface area contributed by atoms with E-state index in [1.165, 1.54) is 0 Å². The van der Waals surface area contributed by atoms with Crippen molar-refractivity contribution in [1.82, 2.24) is 0 Å². The lowest BCUT2D eigenvalue weighted by molar-refractivity contribution is 0.118. The van der Waals surface area contributed by atoms with Crippen LogP contribution in [-0.4, -0.2) is 10.5 Å². The van der Waals surface area contributed by atoms with Crippen LogP contribution in [0.1, 0.15) is 0 Å². The SMILES string of the molecule is FC1=C(F)C(F)(F)SC1(F)F. The van der Waals surface area contributed by atoms with E-state index in [1.807, 2.05) is 0 Å². The van der Waals surface area contributed by atoms with Gasteiger partial charge in [0.2, 0.25) is 11.7 Å². The first-order valence-electron chi connectivity index (χ1n) is 2.29. The molecule has 1 heterocycles. The predicted octanol–water partition coefficient (Wildman–Crippen LogP) is 3.07. The van der Waals surface area contributed by atoms with Gasteiger partial charge in [-0.2, -0.15) is 17.6 Å². The van der Waals surface area contributed by atoms with Crippen LogP contribution >= 0.6 is 11.8 Å². The van der Waals surface area contributed by atoms with E-state index in [4.69, 9.17) is 0 Å². The normalized spacial score (nSPS) is 27.8. The molecule has 0 saturated heterocycles. The summed E-state index contributed by atoms with van der Waals surface area (Å²) in [6, 6.07) is 0. The summed E-state index contributed by atoms with van der Waals surface area (Å²) in [7, 11) is 0. The molecule has 1 rings (SSSR count). The summed E-state index contributed by atoms with van der Waals surface area (Å²) in [6.07, 6.45) is 0. The maximum Gasteiger partial charge on any atom is 0.353 e. The highest BCUT2D eigenvalue weighted by atomic mass is 32.2. The van der Waals surface area contributed by atoms with Gasteiger partial charge in [-0.3, -0.25) is 0 Å². The second-order valence-electron chi connectivity index (χ2n) is 1.76. The lowest BCUT2D eigenvalue weighted by Gasteiger charge is -2.07. The average Bonchev–Trinajstić information content (AvgIpc) is 1.91. The van der Waals surface area contributed by atoms with Gasteiger partial charge in [0.1, 0.15) is 0 Å². The van der Waals surface area contributed by atoms with Crippen molar-refractivity contribution < 1.29 is 26.3 Å². The second kappa shape index (κ2) is 2.09. The molecule has 0 fully saturated rings. The summed E-state index contributed by atoms with van der Waals surface area (Å²) in [5.74, 6) is -5.38. The first-order chi connectivity index (χ1) is 4.77. The fraction of sp³-hybridized carbons (Fsp3) is 0.500. The molecule has 0 N–H and O–H groups in total. The number of halogens is 6. The molecule has 7 heteroatoms. The van der Waals surface area contributed by atoms with Crippen LogP contribution in [0.5, 0.6) is 0 Å². The summed E-state index contributed by atoms with van der Waals surface area (Å²) >= 11 is -1.35. The molecule has 11 heavy (non-hydrogen) atoms. The average molecular weight is 194 g/mol. The Morgan fingerprint density at radius 3 is 1.18 bits per heavy atom. The molecular weight excluding hydrogens is 194 g/mol. The van der Waals surface area contributed by atoms with Gasteiger partial charge in [-0.15, -0.1) is 0 Å². The van der Waals surface area contributed by atoms with E-state index in [-0.39, 0.29) is 0 Å². The highest BCUT2D eigenvalue weighted by molar-refractivity contribution is 8.02. The summed E-state index contributed by atoms with van der Waals surface area (Å²) in [5.41, 5.74) is 0. The zero-order chi connectivity index (χ0) is 8.86. The van der Waals surface area contributed by atoms with Crippen molar-refractivity contribution in [1.29, 1.82) is 0 Å². The molecule has 64 valence electrons. The maximum atomic E-state index is 11.9. The van der Waals surface area contributed by atoms with Crippen LogP contribution in [0.3, 0.4) is 0 Å². The Hall–Kier alpha value is -0.330. The third-order valence-electron chi connectivity index (χ3n) is 0.960. The molecule has 1 aliphatic rings. The molecule has 0 aliphatic carbocycles. The Morgan fingerprint density at radius 1 is 0.818 bits per heavy atom. The minimum Gasteiger partial charge on any atom is -0.201 e. The fourth-order valence-electron chi connectivity index (χ4n) is 0.506. The lowest BCUT2D eigenvalue weighted by atomic mass is 10.4. The maximum absolute atomic E-state index is 11.9. The minimum atomic E-state index is -4.44. The Kier molecular flexibility index (Phi) is 1.66. The van der Waals surface area contributed by atoms with E-state index >= 15 is 0 Å². The standard InChI is InChI=1S/C4F6S/c5-1-2(6)4(9,10)11-3(1,7)8. The van der Waals surface area contributed by atoms with Crippen LogP contribution in [0.4, 0.5) is 26.3 Å². The number of alkyl halides is 4. The highest BCUT2D eigenvalue weighted by Crippen LogP contribution is 2.58. The van der Waals surface area contributed by atoms with Crippen molar-refractivity contribution in [2.24, 2.45) is 0 Å². The topological polar surface area (TPSA) is 0 Å². The smallest absolute Gasteiger partial charge is 0.201 e. The largest absolute Gasteiger partial charge is 0.353 e. The van der Waals surface area contributed by atoms with Crippen LogP contribution in [0.15, 0.2) is 11.7 Å². The van der Waals surface area contributed by atoms with Crippen molar-refractivity contribution in [3.05, 3.63) is 11.7 Å². The van der Waals surface area contributed by atoms with Crippen molar-refractivity contribution in [2.75, 3.05) is 0 Å². The molecule has 0 amide bonds. The van der Waals surface area contributed by atoms with Gasteiger partial charge in [0.25, 0.3) is 0 Å². The van der Waals surface area contributed by atoms with Crippen LogP contribution in [0.2, 0.25) is 0 Å². The Bertz CT molecular complexity index is 197. The highest BCUT2D eigenvalue weighted by Gasteiger charge is 2.61. The van der Waals surface area contributed by atoms with Crippen molar-refractivity contribution >= 4 is 11.8 Å². The van der Waals surface area contributed by atoms with Gasteiger partial charge in [-0.1, -0.05) is 0 Å². The van der Waals surface area contributed by atoms with Crippen LogP contribution in [0.25, 0.3) is 0 Å². The van der Waals surface area contributed by atoms with Gasteiger partial charge in [-0.25, -0.2) is 8.78 Å². The number of hydrogen-bond acceptors (Lipinski definition) is 1. The third-order valence-corrected chi connectivity index (χ3v) is 1.83. The minimum absolute atomic E-state index is 1.35. The Labute approximate surface area is 61.3 Å². The van der Waals surface area contributed by atoms with E-state index in [9.17, 15) is 26.3 Å². The zero-order valence-corrected chi connectivity index (χ0v) is 5.49. The van der Waals surface area contributed by atoms with E-state index in [1.54, 1.807) is 0 Å². The van der Waals surface area contributed by atoms with Gasteiger partial charge in [0.15, 0.2) is 0 Å². The predicted molar refractivity (Wildman–Crippen MR) is 26.7 cm³/mol. The number of thioether (sulfide) groups is 1. The summed E-state index contributed by atoms with van der Waals surface area (Å²) in [5, 5.41) is -8.87. The van der Waals surface area contributed by atoms with Crippen LogP contribution < -0.4 is 0 Å². The van der Waals surface area contributed by atoms with Gasteiger partial charge >= 0.3 is 10.5 Å². The summed E-state index contributed by atoms with van der Waals surface area (Å²) in [6.45, 7) is 0. The molecule has 0 nitrogen and oxygen atoms in total. The van der Waals surface area contributed by atoms with Crippen molar-refractivity contribution in [3.8, 4) is 0 Å². The number of hydrogen-bond donors (Lipinski definition) is 0. The summed E-state index contributed by atoms with van der Waals surface area (Å²) < 4.78 is 71.3. The van der Waals surface area contributed by atoms with Gasteiger partial charge < -0.3 is 0 Å². The molecular formula is C4F6S. The fourth-order valence-corrected chi connectivity index (χ4v) is 1.19. The quantitative estimate of drug-likeness (QED) is 0.534. The monoisotopic (exact) mass is 194 g/mol. The molecule has 0 aromatic carbocycles. The molecule has 0 radical (unpaired) electrons. The van der Waals surface area contributed by atoms with E-state index in [0.29, 0.717) is 0 Å². The summed E-state index contributed by atoms with van der Waals surface area (Å²) in [4.78, 5) is 0. The van der Waals surface area contributed by atoms with E-state index in [0.717, 1.165) is 0 Å².